The van der Waals surface area contributed by atoms with E-state index >= 15 is 0 Å². The number of phenolic OH excluding ortho intramolecular Hbond substituents is 1. The number of hydrogen-bond donors (Lipinski definition) is 3. The molecule has 28 heavy (non-hydrogen) atoms. The first-order valence-electron chi connectivity index (χ1n) is 8.51. The highest BCUT2D eigenvalue weighted by atomic mass is 127. The minimum absolute atomic E-state index is 0.0266. The molecule has 1 aliphatic heterocycles. The summed E-state index contributed by atoms with van der Waals surface area (Å²) in [5.41, 5.74) is 0.865. The quantitative estimate of drug-likeness (QED) is 0.500. The smallest absolute Gasteiger partial charge is 0.412 e. The van der Waals surface area contributed by atoms with Crippen LogP contribution in [0.15, 0.2) is 36.4 Å². The number of aromatic hydroxyl groups is 1. The van der Waals surface area contributed by atoms with Gasteiger partial charge in [0, 0.05) is 41.0 Å². The predicted molar refractivity (Wildman–Crippen MR) is 109 cm³/mol. The summed E-state index contributed by atoms with van der Waals surface area (Å²) in [6.07, 6.45) is -2.07. The van der Waals surface area contributed by atoms with Gasteiger partial charge in [0.25, 0.3) is 0 Å². The Morgan fingerprint density at radius 2 is 2.04 bits per heavy atom. The van der Waals surface area contributed by atoms with E-state index < -0.39 is 18.3 Å². The van der Waals surface area contributed by atoms with E-state index in [4.69, 9.17) is 18.9 Å². The number of methoxy groups -OCH3 is 1. The summed E-state index contributed by atoms with van der Waals surface area (Å²) < 4.78 is 22.4. The van der Waals surface area contributed by atoms with E-state index in [9.17, 15) is 15.0 Å². The van der Waals surface area contributed by atoms with Crippen molar-refractivity contribution >= 4 is 34.4 Å². The van der Waals surface area contributed by atoms with Crippen molar-refractivity contribution in [2.45, 2.75) is 18.6 Å². The molecule has 3 N–H and O–H groups in total. The number of phenols is 1. The molecule has 0 spiro atoms. The van der Waals surface area contributed by atoms with E-state index in [0.29, 0.717) is 22.7 Å². The summed E-state index contributed by atoms with van der Waals surface area (Å²) in [5, 5.41) is 22.2. The van der Waals surface area contributed by atoms with Crippen LogP contribution in [0.5, 0.6) is 17.2 Å². The summed E-state index contributed by atoms with van der Waals surface area (Å²) in [7, 11) is 1.46. The van der Waals surface area contributed by atoms with Crippen LogP contribution >= 0.6 is 22.6 Å². The number of ether oxygens (including phenoxy) is 4. The molecule has 150 valence electrons. The average molecular weight is 501 g/mol. The van der Waals surface area contributed by atoms with Gasteiger partial charge in [0.05, 0.1) is 0 Å². The fourth-order valence-corrected chi connectivity index (χ4v) is 3.37. The molecule has 1 heterocycles. The second kappa shape index (κ2) is 9.30. The molecular weight excluding hydrogens is 481 g/mol. The maximum atomic E-state index is 12.5. The normalized spacial score (nSPS) is 14.4. The van der Waals surface area contributed by atoms with Crippen molar-refractivity contribution in [2.24, 2.45) is 0 Å². The zero-order chi connectivity index (χ0) is 20.1. The van der Waals surface area contributed by atoms with Crippen LogP contribution in [0.1, 0.15) is 18.1 Å². The molecule has 0 bridgehead atoms. The van der Waals surface area contributed by atoms with Crippen LogP contribution in [0.25, 0.3) is 0 Å². The lowest BCUT2D eigenvalue weighted by Gasteiger charge is -2.26. The fraction of sp³-hybridized carbons (Fsp3) is 0.316. The molecule has 0 saturated carbocycles. The van der Waals surface area contributed by atoms with Gasteiger partial charge in [0.15, 0.2) is 17.6 Å². The lowest BCUT2D eigenvalue weighted by molar-refractivity contribution is -0.0314. The summed E-state index contributed by atoms with van der Waals surface area (Å²) in [5.74, 6) is 1.10. The van der Waals surface area contributed by atoms with Crippen LogP contribution < -0.4 is 14.8 Å². The number of aliphatic hydroxyl groups is 1. The second-order valence-electron chi connectivity index (χ2n) is 6.01. The van der Waals surface area contributed by atoms with Gasteiger partial charge in [0.2, 0.25) is 6.79 Å². The van der Waals surface area contributed by atoms with Crippen molar-refractivity contribution in [3.05, 3.63) is 45.5 Å². The molecule has 8 nitrogen and oxygen atoms in total. The van der Waals surface area contributed by atoms with Crippen molar-refractivity contribution in [3.8, 4) is 17.2 Å². The number of fused-ring (bicyclic) bond motifs is 1. The van der Waals surface area contributed by atoms with Gasteiger partial charge in [-0.2, -0.15) is 0 Å². The summed E-state index contributed by atoms with van der Waals surface area (Å²) >= 11 is 2.10. The van der Waals surface area contributed by atoms with E-state index in [1.54, 1.807) is 30.3 Å². The van der Waals surface area contributed by atoms with Gasteiger partial charge in [-0.1, -0.05) is 0 Å². The van der Waals surface area contributed by atoms with Crippen LogP contribution in [0.3, 0.4) is 0 Å². The molecule has 2 aromatic rings. The van der Waals surface area contributed by atoms with Crippen LogP contribution in [0, 0.1) is 3.57 Å². The van der Waals surface area contributed by atoms with Gasteiger partial charge in [-0.05, 0) is 52.9 Å². The number of rotatable bonds is 7. The standard InChI is InChI=1S/C19H20INO7/c1-25-16(6-7-22)18(13-8-11(20)2-4-14(13)23)28-19(24)21-12-3-5-15-17(9-12)27-10-26-15/h2-5,8-9,16,18,22-23H,6-7,10H2,1H3,(H,21,24)/t16-,18-/m0/s1. The number of aliphatic hydroxyl groups excluding tert-OH is 1. The molecule has 1 aliphatic rings. The zero-order valence-electron chi connectivity index (χ0n) is 15.1. The number of hydrogen-bond acceptors (Lipinski definition) is 7. The lowest BCUT2D eigenvalue weighted by atomic mass is 10.0. The Bertz CT molecular complexity index is 845. The first-order chi connectivity index (χ1) is 13.5. The van der Waals surface area contributed by atoms with Crippen molar-refractivity contribution < 1.29 is 34.0 Å². The second-order valence-corrected chi connectivity index (χ2v) is 7.25. The van der Waals surface area contributed by atoms with Gasteiger partial charge in [-0.25, -0.2) is 4.79 Å². The van der Waals surface area contributed by atoms with Crippen molar-refractivity contribution in [2.75, 3.05) is 25.8 Å². The van der Waals surface area contributed by atoms with Gasteiger partial charge in [0.1, 0.15) is 11.9 Å². The third-order valence-electron chi connectivity index (χ3n) is 4.20. The van der Waals surface area contributed by atoms with Crippen molar-refractivity contribution in [1.29, 1.82) is 0 Å². The largest absolute Gasteiger partial charge is 0.508 e. The van der Waals surface area contributed by atoms with Crippen LogP contribution in [-0.4, -0.2) is 42.9 Å². The van der Waals surface area contributed by atoms with E-state index in [1.807, 2.05) is 0 Å². The third-order valence-corrected chi connectivity index (χ3v) is 4.87. The summed E-state index contributed by atoms with van der Waals surface area (Å²) in [4.78, 5) is 12.5. The molecule has 0 aliphatic carbocycles. The average Bonchev–Trinajstić information content (AvgIpc) is 3.14. The minimum atomic E-state index is -0.916. The molecule has 3 rings (SSSR count). The maximum absolute atomic E-state index is 12.5. The summed E-state index contributed by atoms with van der Waals surface area (Å²) in [6, 6.07) is 9.94. The first kappa shape index (κ1) is 20.5. The molecule has 0 radical (unpaired) electrons. The Balaban J connectivity index is 1.80. The number of carbonyl (C=O) groups is 1. The van der Waals surface area contributed by atoms with Gasteiger partial charge in [-0.3, -0.25) is 5.32 Å². The number of anilines is 1. The fourth-order valence-electron chi connectivity index (χ4n) is 2.85. The molecule has 0 unspecified atom stereocenters. The highest BCUT2D eigenvalue weighted by molar-refractivity contribution is 14.1. The Kier molecular flexibility index (Phi) is 6.81. The first-order valence-corrected chi connectivity index (χ1v) is 9.59. The Morgan fingerprint density at radius 1 is 1.25 bits per heavy atom. The topological polar surface area (TPSA) is 106 Å². The van der Waals surface area contributed by atoms with Crippen molar-refractivity contribution in [3.63, 3.8) is 0 Å². The number of amides is 1. The Morgan fingerprint density at radius 3 is 2.79 bits per heavy atom. The van der Waals surface area contributed by atoms with Crippen LogP contribution in [0.4, 0.5) is 10.5 Å². The molecule has 0 fully saturated rings. The Hall–Kier alpha value is -2.24. The van der Waals surface area contributed by atoms with E-state index in [-0.39, 0.29) is 25.6 Å². The molecule has 0 aromatic heterocycles. The molecule has 2 atom stereocenters. The number of benzene rings is 2. The van der Waals surface area contributed by atoms with E-state index in [1.165, 1.54) is 13.2 Å². The highest BCUT2D eigenvalue weighted by Crippen LogP contribution is 2.36. The monoisotopic (exact) mass is 501 g/mol. The maximum Gasteiger partial charge on any atom is 0.412 e. The number of halogens is 1. The lowest BCUT2D eigenvalue weighted by Crippen LogP contribution is -2.29. The van der Waals surface area contributed by atoms with E-state index in [0.717, 1.165) is 3.57 Å². The highest BCUT2D eigenvalue weighted by Gasteiger charge is 2.29. The predicted octanol–water partition coefficient (Wildman–Crippen LogP) is 3.41. The molecule has 0 saturated heterocycles. The zero-order valence-corrected chi connectivity index (χ0v) is 17.2. The van der Waals surface area contributed by atoms with E-state index in [2.05, 4.69) is 27.9 Å². The number of carbonyl (C=O) groups excluding carboxylic acids is 1. The van der Waals surface area contributed by atoms with Gasteiger partial charge >= 0.3 is 6.09 Å². The third kappa shape index (κ3) is 4.78. The molecule has 1 amide bonds. The molecular formula is C19H20INO7. The SMILES string of the molecule is CO[C@@H](CCO)[C@@H](OC(=O)Nc1ccc2c(c1)OCO2)c1cc(I)ccc1O. The van der Waals surface area contributed by atoms with Crippen molar-refractivity contribution in [1.82, 2.24) is 0 Å². The van der Waals surface area contributed by atoms with Crippen LogP contribution in [-0.2, 0) is 9.47 Å². The minimum Gasteiger partial charge on any atom is -0.508 e. The molecule has 9 heteroatoms. The molecule has 2 aromatic carbocycles. The van der Waals surface area contributed by atoms with Gasteiger partial charge in [-0.15, -0.1) is 0 Å². The Labute approximate surface area is 175 Å². The number of nitrogens with one attached hydrogen (secondary N) is 1. The summed E-state index contributed by atoms with van der Waals surface area (Å²) in [6.45, 7) is -0.0270. The van der Waals surface area contributed by atoms with Gasteiger partial charge < -0.3 is 29.2 Å². The van der Waals surface area contributed by atoms with Crippen LogP contribution in [0.2, 0.25) is 0 Å².